The SMILES string of the molecule is Cc1ccc(CN2C[C@@H](N)[C@H](c3ccccc3)C2)cc1C. The summed E-state index contributed by atoms with van der Waals surface area (Å²) in [5.74, 6) is 0.456. The quantitative estimate of drug-likeness (QED) is 0.935. The standard InChI is InChI=1S/C19H24N2/c1-14-8-9-16(10-15(14)2)11-21-12-18(19(20)13-21)17-6-4-3-5-7-17/h3-10,18-19H,11-13,20H2,1-2H3/t18-,19+/m0/s1. The van der Waals surface area contributed by atoms with E-state index in [2.05, 4.69) is 67.3 Å². The predicted octanol–water partition coefficient (Wildman–Crippen LogP) is 3.23. The summed E-state index contributed by atoms with van der Waals surface area (Å²) in [5.41, 5.74) is 11.9. The fourth-order valence-electron chi connectivity index (χ4n) is 3.26. The second-order valence-corrected chi connectivity index (χ2v) is 6.29. The van der Waals surface area contributed by atoms with Crippen molar-refractivity contribution in [2.45, 2.75) is 32.4 Å². The van der Waals surface area contributed by atoms with Gasteiger partial charge in [-0.15, -0.1) is 0 Å². The molecule has 1 heterocycles. The summed E-state index contributed by atoms with van der Waals surface area (Å²) >= 11 is 0. The zero-order valence-electron chi connectivity index (χ0n) is 12.9. The van der Waals surface area contributed by atoms with Gasteiger partial charge in [0.2, 0.25) is 0 Å². The highest BCUT2D eigenvalue weighted by atomic mass is 15.2. The van der Waals surface area contributed by atoms with Crippen LogP contribution in [0.25, 0.3) is 0 Å². The lowest BCUT2D eigenvalue weighted by molar-refractivity contribution is 0.323. The van der Waals surface area contributed by atoms with E-state index in [1.807, 2.05) is 0 Å². The number of likely N-dealkylation sites (tertiary alicyclic amines) is 1. The lowest BCUT2D eigenvalue weighted by Crippen LogP contribution is -2.28. The monoisotopic (exact) mass is 280 g/mol. The van der Waals surface area contributed by atoms with Crippen molar-refractivity contribution in [1.82, 2.24) is 4.90 Å². The Morgan fingerprint density at radius 3 is 2.48 bits per heavy atom. The lowest BCUT2D eigenvalue weighted by Gasteiger charge is -2.17. The van der Waals surface area contributed by atoms with Crippen LogP contribution in [0.3, 0.4) is 0 Å². The zero-order chi connectivity index (χ0) is 14.8. The molecule has 0 bridgehead atoms. The summed E-state index contributed by atoms with van der Waals surface area (Å²) in [6, 6.07) is 17.7. The van der Waals surface area contributed by atoms with Gasteiger partial charge in [-0.2, -0.15) is 0 Å². The Labute approximate surface area is 127 Å². The first-order valence-electron chi connectivity index (χ1n) is 7.72. The van der Waals surface area contributed by atoms with Crippen LogP contribution in [0.15, 0.2) is 48.5 Å². The molecule has 0 aliphatic carbocycles. The lowest BCUT2D eigenvalue weighted by atomic mass is 9.95. The number of rotatable bonds is 3. The molecule has 0 aromatic heterocycles. The van der Waals surface area contributed by atoms with E-state index in [4.69, 9.17) is 5.73 Å². The van der Waals surface area contributed by atoms with E-state index < -0.39 is 0 Å². The third-order valence-corrected chi connectivity index (χ3v) is 4.65. The highest BCUT2D eigenvalue weighted by molar-refractivity contribution is 5.30. The molecule has 1 saturated heterocycles. The minimum atomic E-state index is 0.235. The Balaban J connectivity index is 1.70. The van der Waals surface area contributed by atoms with Gasteiger partial charge in [0.15, 0.2) is 0 Å². The van der Waals surface area contributed by atoms with E-state index in [0.29, 0.717) is 5.92 Å². The van der Waals surface area contributed by atoms with Crippen LogP contribution in [0.2, 0.25) is 0 Å². The van der Waals surface area contributed by atoms with E-state index in [9.17, 15) is 0 Å². The van der Waals surface area contributed by atoms with E-state index in [1.165, 1.54) is 22.3 Å². The minimum absolute atomic E-state index is 0.235. The fourth-order valence-corrected chi connectivity index (χ4v) is 3.26. The summed E-state index contributed by atoms with van der Waals surface area (Å²) in [7, 11) is 0. The Bertz CT molecular complexity index is 606. The molecule has 0 radical (unpaired) electrons. The molecule has 3 rings (SSSR count). The van der Waals surface area contributed by atoms with Gasteiger partial charge >= 0.3 is 0 Å². The van der Waals surface area contributed by atoms with E-state index in [-0.39, 0.29) is 6.04 Å². The molecule has 1 fully saturated rings. The van der Waals surface area contributed by atoms with Crippen molar-refractivity contribution in [2.24, 2.45) is 5.73 Å². The first kappa shape index (κ1) is 14.3. The first-order valence-corrected chi connectivity index (χ1v) is 7.72. The van der Waals surface area contributed by atoms with Crippen LogP contribution in [0.4, 0.5) is 0 Å². The van der Waals surface area contributed by atoms with Gasteiger partial charge in [0, 0.05) is 31.6 Å². The van der Waals surface area contributed by atoms with Crippen molar-refractivity contribution in [3.05, 3.63) is 70.8 Å². The molecule has 2 aromatic rings. The summed E-state index contributed by atoms with van der Waals surface area (Å²) < 4.78 is 0. The van der Waals surface area contributed by atoms with Crippen molar-refractivity contribution in [2.75, 3.05) is 13.1 Å². The Hall–Kier alpha value is -1.64. The molecule has 0 unspecified atom stereocenters. The predicted molar refractivity (Wildman–Crippen MR) is 88.4 cm³/mol. The third kappa shape index (κ3) is 3.17. The molecule has 2 atom stereocenters. The maximum absolute atomic E-state index is 6.37. The van der Waals surface area contributed by atoms with E-state index in [0.717, 1.165) is 19.6 Å². The molecule has 0 spiro atoms. The van der Waals surface area contributed by atoms with Crippen LogP contribution in [0, 0.1) is 13.8 Å². The molecule has 0 saturated carbocycles. The topological polar surface area (TPSA) is 29.3 Å². The van der Waals surface area contributed by atoms with Gasteiger partial charge in [-0.25, -0.2) is 0 Å². The summed E-state index contributed by atoms with van der Waals surface area (Å²) in [5, 5.41) is 0. The van der Waals surface area contributed by atoms with Crippen molar-refractivity contribution in [3.8, 4) is 0 Å². The van der Waals surface area contributed by atoms with Gasteiger partial charge in [-0.05, 0) is 36.1 Å². The molecule has 2 N–H and O–H groups in total. The zero-order valence-corrected chi connectivity index (χ0v) is 12.9. The highest BCUT2D eigenvalue weighted by Gasteiger charge is 2.30. The number of nitrogens with two attached hydrogens (primary N) is 1. The molecule has 110 valence electrons. The molecule has 2 nitrogen and oxygen atoms in total. The molecule has 21 heavy (non-hydrogen) atoms. The summed E-state index contributed by atoms with van der Waals surface area (Å²) in [4.78, 5) is 2.48. The number of hydrogen-bond donors (Lipinski definition) is 1. The minimum Gasteiger partial charge on any atom is -0.326 e. The second-order valence-electron chi connectivity index (χ2n) is 6.29. The van der Waals surface area contributed by atoms with Crippen LogP contribution >= 0.6 is 0 Å². The van der Waals surface area contributed by atoms with Gasteiger partial charge in [0.1, 0.15) is 0 Å². The molecule has 2 heteroatoms. The van der Waals surface area contributed by atoms with Crippen molar-refractivity contribution in [1.29, 1.82) is 0 Å². The Morgan fingerprint density at radius 1 is 1.00 bits per heavy atom. The Morgan fingerprint density at radius 2 is 1.76 bits per heavy atom. The average Bonchev–Trinajstić information content (AvgIpc) is 2.84. The van der Waals surface area contributed by atoms with Gasteiger partial charge in [0.25, 0.3) is 0 Å². The molecular weight excluding hydrogens is 256 g/mol. The van der Waals surface area contributed by atoms with Crippen LogP contribution in [-0.2, 0) is 6.54 Å². The average molecular weight is 280 g/mol. The van der Waals surface area contributed by atoms with E-state index >= 15 is 0 Å². The van der Waals surface area contributed by atoms with Crippen molar-refractivity contribution < 1.29 is 0 Å². The van der Waals surface area contributed by atoms with E-state index in [1.54, 1.807) is 0 Å². The number of benzene rings is 2. The molecule has 0 amide bonds. The third-order valence-electron chi connectivity index (χ3n) is 4.65. The molecular formula is C19H24N2. The molecule has 1 aliphatic rings. The van der Waals surface area contributed by atoms with Gasteiger partial charge < -0.3 is 5.73 Å². The maximum Gasteiger partial charge on any atom is 0.0250 e. The van der Waals surface area contributed by atoms with Crippen molar-refractivity contribution in [3.63, 3.8) is 0 Å². The van der Waals surface area contributed by atoms with Crippen LogP contribution in [0.1, 0.15) is 28.2 Å². The number of hydrogen-bond acceptors (Lipinski definition) is 2. The first-order chi connectivity index (χ1) is 10.1. The fraction of sp³-hybridized carbons (Fsp3) is 0.368. The maximum atomic E-state index is 6.37. The van der Waals surface area contributed by atoms with Crippen LogP contribution < -0.4 is 5.73 Å². The van der Waals surface area contributed by atoms with Crippen LogP contribution in [0.5, 0.6) is 0 Å². The summed E-state index contributed by atoms with van der Waals surface area (Å²) in [6.07, 6.45) is 0. The molecule has 2 aromatic carbocycles. The van der Waals surface area contributed by atoms with Gasteiger partial charge in [-0.3, -0.25) is 4.90 Å². The van der Waals surface area contributed by atoms with Crippen molar-refractivity contribution >= 4 is 0 Å². The number of nitrogens with zero attached hydrogens (tertiary/aromatic N) is 1. The Kier molecular flexibility index (Phi) is 4.09. The normalized spacial score (nSPS) is 22.6. The number of aryl methyl sites for hydroxylation is 2. The molecule has 1 aliphatic heterocycles. The van der Waals surface area contributed by atoms with Gasteiger partial charge in [-0.1, -0.05) is 48.5 Å². The largest absolute Gasteiger partial charge is 0.326 e. The smallest absolute Gasteiger partial charge is 0.0250 e. The second kappa shape index (κ2) is 6.00. The van der Waals surface area contributed by atoms with Gasteiger partial charge in [0.05, 0.1) is 0 Å². The van der Waals surface area contributed by atoms with Crippen LogP contribution in [-0.4, -0.2) is 24.0 Å². The summed E-state index contributed by atoms with van der Waals surface area (Å²) in [6.45, 7) is 7.38. The highest BCUT2D eigenvalue weighted by Crippen LogP contribution is 2.27.